The number of likely N-dealkylation sites (N-methyl/N-ethyl adjacent to an activating group) is 2. The van der Waals surface area contributed by atoms with Gasteiger partial charge in [-0.2, -0.15) is 0 Å². The van der Waals surface area contributed by atoms with E-state index in [-0.39, 0.29) is 47.9 Å². The molecule has 1 heterocycles. The van der Waals surface area contributed by atoms with Crippen molar-refractivity contribution in [1.82, 2.24) is 25.3 Å². The standard InChI is InChI=1S/C46H74N6O6/c1-12-17-37(51(9)46(56)41(31(2)3)49-45(55)42(32(4)5)50(8)29-26-35-21-23-36(47-7)24-22-35)39(57-10)30-40(53)52-28-16-20-38(52)43(58-11)33(6)44(54)48-27-25-34-18-14-13-15-19-34/h13-15,18-19,21-24,31-33,37-39,41-43,47H,12,16-17,20,25-30H2,1-11H3,(H,48,54)(H,49,55)/t33-,37+,38+,39-,41+,42?,43-/m1/s1. The van der Waals surface area contributed by atoms with Gasteiger partial charge >= 0.3 is 0 Å². The Labute approximate surface area is 349 Å². The lowest BCUT2D eigenvalue weighted by atomic mass is 9.94. The minimum Gasteiger partial charge on any atom is -0.388 e. The van der Waals surface area contributed by atoms with Crippen molar-refractivity contribution in [2.24, 2.45) is 17.8 Å². The molecule has 324 valence electrons. The minimum absolute atomic E-state index is 0.0122. The number of methoxy groups -OCH3 is 2. The number of anilines is 1. The predicted molar refractivity (Wildman–Crippen MR) is 232 cm³/mol. The first-order valence-corrected chi connectivity index (χ1v) is 21.4. The fourth-order valence-corrected chi connectivity index (χ4v) is 8.44. The molecule has 1 fully saturated rings. The summed E-state index contributed by atoms with van der Waals surface area (Å²) >= 11 is 0. The molecule has 7 atom stereocenters. The number of carbonyl (C=O) groups excluding carboxylic acids is 4. The molecule has 12 nitrogen and oxygen atoms in total. The van der Waals surface area contributed by atoms with E-state index in [1.54, 1.807) is 26.2 Å². The molecule has 0 aliphatic carbocycles. The van der Waals surface area contributed by atoms with Crippen molar-refractivity contribution in [2.45, 2.75) is 123 Å². The van der Waals surface area contributed by atoms with Gasteiger partial charge in [-0.3, -0.25) is 24.1 Å². The number of rotatable bonds is 24. The molecule has 3 rings (SSSR count). The normalized spacial score (nSPS) is 17.4. The summed E-state index contributed by atoms with van der Waals surface area (Å²) in [5, 5.41) is 9.33. The number of nitrogens with one attached hydrogen (secondary N) is 3. The van der Waals surface area contributed by atoms with Gasteiger partial charge < -0.3 is 35.2 Å². The number of carbonyl (C=O) groups is 4. The second-order valence-electron chi connectivity index (χ2n) is 16.7. The van der Waals surface area contributed by atoms with E-state index in [0.717, 1.165) is 43.4 Å². The van der Waals surface area contributed by atoms with Crippen LogP contribution in [0.4, 0.5) is 5.69 Å². The molecule has 1 saturated heterocycles. The maximum atomic E-state index is 14.4. The van der Waals surface area contributed by atoms with E-state index in [9.17, 15) is 19.2 Å². The number of benzene rings is 2. The van der Waals surface area contributed by atoms with Crippen LogP contribution in [0.1, 0.15) is 84.8 Å². The van der Waals surface area contributed by atoms with Crippen LogP contribution in [-0.4, -0.2) is 130 Å². The number of ether oxygens (including phenoxy) is 2. The summed E-state index contributed by atoms with van der Waals surface area (Å²) < 4.78 is 12.0. The monoisotopic (exact) mass is 807 g/mol. The van der Waals surface area contributed by atoms with Gasteiger partial charge in [0, 0.05) is 53.6 Å². The van der Waals surface area contributed by atoms with Crippen LogP contribution in [-0.2, 0) is 41.5 Å². The van der Waals surface area contributed by atoms with E-state index in [0.29, 0.717) is 26.1 Å². The highest BCUT2D eigenvalue weighted by Crippen LogP contribution is 2.29. The summed E-state index contributed by atoms with van der Waals surface area (Å²) in [7, 11) is 8.80. The molecular weight excluding hydrogens is 733 g/mol. The lowest BCUT2D eigenvalue weighted by Gasteiger charge is -2.39. The van der Waals surface area contributed by atoms with Crippen LogP contribution in [0.25, 0.3) is 0 Å². The molecule has 0 saturated carbocycles. The summed E-state index contributed by atoms with van der Waals surface area (Å²) in [5.74, 6) is -1.22. The van der Waals surface area contributed by atoms with Crippen molar-refractivity contribution in [2.75, 3.05) is 60.3 Å². The molecule has 0 spiro atoms. The van der Waals surface area contributed by atoms with Crippen molar-refractivity contribution >= 4 is 29.3 Å². The third-order valence-electron chi connectivity index (χ3n) is 11.9. The van der Waals surface area contributed by atoms with Crippen molar-refractivity contribution in [3.05, 3.63) is 65.7 Å². The second-order valence-corrected chi connectivity index (χ2v) is 16.7. The summed E-state index contributed by atoms with van der Waals surface area (Å²) in [4.78, 5) is 61.4. The molecule has 0 bridgehead atoms. The van der Waals surface area contributed by atoms with Crippen LogP contribution < -0.4 is 16.0 Å². The maximum Gasteiger partial charge on any atom is 0.245 e. The third kappa shape index (κ3) is 13.5. The molecule has 1 aliphatic rings. The average Bonchev–Trinajstić information content (AvgIpc) is 3.70. The Balaban J connectivity index is 1.69. The lowest BCUT2D eigenvalue weighted by molar-refractivity contribution is -0.146. The largest absolute Gasteiger partial charge is 0.388 e. The Morgan fingerprint density at radius 1 is 0.862 bits per heavy atom. The average molecular weight is 807 g/mol. The van der Waals surface area contributed by atoms with Crippen LogP contribution in [0.15, 0.2) is 54.6 Å². The predicted octanol–water partition coefficient (Wildman–Crippen LogP) is 5.40. The molecule has 4 amide bonds. The van der Waals surface area contributed by atoms with E-state index in [2.05, 4.69) is 33.0 Å². The Bertz CT molecular complexity index is 1560. The summed E-state index contributed by atoms with van der Waals surface area (Å²) in [6.07, 6.45) is 3.44. The van der Waals surface area contributed by atoms with Gasteiger partial charge in [0.05, 0.1) is 42.7 Å². The molecule has 2 aromatic rings. The van der Waals surface area contributed by atoms with Gasteiger partial charge in [-0.1, -0.05) is 90.4 Å². The Kier molecular flexibility index (Phi) is 20.2. The fraction of sp³-hybridized carbons (Fsp3) is 0.652. The molecule has 3 N–H and O–H groups in total. The highest BCUT2D eigenvalue weighted by Gasteiger charge is 2.42. The lowest BCUT2D eigenvalue weighted by Crippen LogP contribution is -2.59. The van der Waals surface area contributed by atoms with Crippen LogP contribution in [0.2, 0.25) is 0 Å². The van der Waals surface area contributed by atoms with E-state index in [4.69, 9.17) is 9.47 Å². The highest BCUT2D eigenvalue weighted by molar-refractivity contribution is 5.90. The van der Waals surface area contributed by atoms with Crippen LogP contribution >= 0.6 is 0 Å². The zero-order chi connectivity index (χ0) is 42.9. The fourth-order valence-electron chi connectivity index (χ4n) is 8.44. The van der Waals surface area contributed by atoms with Crippen molar-refractivity contribution in [3.8, 4) is 0 Å². The Morgan fingerprint density at radius 3 is 2.09 bits per heavy atom. The van der Waals surface area contributed by atoms with E-state index in [1.807, 2.05) is 103 Å². The molecule has 1 unspecified atom stereocenters. The molecule has 12 heteroatoms. The number of nitrogens with zero attached hydrogens (tertiary/aromatic N) is 3. The molecule has 1 aliphatic heterocycles. The van der Waals surface area contributed by atoms with Crippen LogP contribution in [0.5, 0.6) is 0 Å². The van der Waals surface area contributed by atoms with Gasteiger partial charge in [0.25, 0.3) is 0 Å². The quantitative estimate of drug-likeness (QED) is 0.129. The van der Waals surface area contributed by atoms with Crippen molar-refractivity contribution in [1.29, 1.82) is 0 Å². The van der Waals surface area contributed by atoms with Crippen LogP contribution in [0, 0.1) is 17.8 Å². The Hall–Kier alpha value is -4.00. The first-order valence-electron chi connectivity index (χ1n) is 21.4. The third-order valence-corrected chi connectivity index (χ3v) is 11.9. The molecule has 58 heavy (non-hydrogen) atoms. The van der Waals surface area contributed by atoms with Crippen LogP contribution in [0.3, 0.4) is 0 Å². The molecule has 0 aromatic heterocycles. The number of hydrogen-bond acceptors (Lipinski definition) is 8. The van der Waals surface area contributed by atoms with Gasteiger partial charge in [0.1, 0.15) is 6.04 Å². The Morgan fingerprint density at radius 2 is 1.52 bits per heavy atom. The van der Waals surface area contributed by atoms with Gasteiger partial charge in [-0.25, -0.2) is 0 Å². The van der Waals surface area contributed by atoms with Gasteiger partial charge in [-0.15, -0.1) is 0 Å². The summed E-state index contributed by atoms with van der Waals surface area (Å²) in [6.45, 7) is 13.6. The first kappa shape index (κ1) is 48.4. The zero-order valence-electron chi connectivity index (χ0n) is 37.3. The minimum atomic E-state index is -0.764. The first-order chi connectivity index (χ1) is 27.7. The summed E-state index contributed by atoms with van der Waals surface area (Å²) in [6, 6.07) is 16.4. The summed E-state index contributed by atoms with van der Waals surface area (Å²) in [5.41, 5.74) is 3.39. The topological polar surface area (TPSA) is 133 Å². The van der Waals surface area contributed by atoms with Gasteiger partial charge in [-0.05, 0) is 74.2 Å². The number of likely N-dealkylation sites (tertiary alicyclic amines) is 1. The molecule has 2 aromatic carbocycles. The van der Waals surface area contributed by atoms with E-state index in [1.165, 1.54) is 5.56 Å². The smallest absolute Gasteiger partial charge is 0.245 e. The maximum absolute atomic E-state index is 14.4. The second kappa shape index (κ2) is 24.2. The van der Waals surface area contributed by atoms with Gasteiger partial charge in [0.15, 0.2) is 0 Å². The SMILES string of the molecule is CCC[C@@H]([C@@H](CC(=O)N1CCC[C@H]1[C@H](OC)[C@@H](C)C(=O)NCCc1ccccc1)OC)N(C)C(=O)[C@@H](NC(=O)C(C(C)C)N(C)CCc1ccc(NC)cc1)C(C)C. The molecular formula is C46H74N6O6. The van der Waals surface area contributed by atoms with Crippen molar-refractivity contribution in [3.63, 3.8) is 0 Å². The zero-order valence-corrected chi connectivity index (χ0v) is 37.3. The van der Waals surface area contributed by atoms with E-state index < -0.39 is 36.3 Å². The number of hydrogen-bond donors (Lipinski definition) is 3. The van der Waals surface area contributed by atoms with Gasteiger partial charge in [0.2, 0.25) is 23.6 Å². The highest BCUT2D eigenvalue weighted by atomic mass is 16.5. The van der Waals surface area contributed by atoms with E-state index >= 15 is 0 Å². The van der Waals surface area contributed by atoms with Crippen molar-refractivity contribution < 1.29 is 28.7 Å². The number of amides is 4. The molecule has 0 radical (unpaired) electrons.